The van der Waals surface area contributed by atoms with Crippen molar-refractivity contribution in [2.45, 2.75) is 173 Å². The quantitative estimate of drug-likeness (QED) is 0.0283. The van der Waals surface area contributed by atoms with E-state index in [0.29, 0.717) is 61.7 Å². The minimum Gasteiger partial charge on any atom is -0.493 e. The Kier molecular flexibility index (Phi) is 27.7. The van der Waals surface area contributed by atoms with E-state index in [9.17, 15) is 19.2 Å². The van der Waals surface area contributed by atoms with Gasteiger partial charge in [-0.2, -0.15) is 0 Å². The fourth-order valence-electron chi connectivity index (χ4n) is 8.95. The molecule has 0 amide bonds. The number of unbranched alkanes of at least 4 members (excludes halogenated alkanes) is 11. The summed E-state index contributed by atoms with van der Waals surface area (Å²) in [6.07, 6.45) is 27.6. The molecule has 0 N–H and O–H groups in total. The van der Waals surface area contributed by atoms with Crippen LogP contribution in [0, 0.1) is 11.8 Å². The van der Waals surface area contributed by atoms with E-state index in [-0.39, 0.29) is 24.0 Å². The van der Waals surface area contributed by atoms with Gasteiger partial charge in [0.1, 0.15) is 17.1 Å². The van der Waals surface area contributed by atoms with Crippen molar-refractivity contribution in [3.63, 3.8) is 0 Å². The minimum atomic E-state index is -0.407. The highest BCUT2D eigenvalue weighted by Gasteiger charge is 2.26. The maximum absolute atomic E-state index is 13.3. The van der Waals surface area contributed by atoms with Crippen molar-refractivity contribution >= 4 is 23.9 Å². The Morgan fingerprint density at radius 1 is 0.537 bits per heavy atom. The van der Waals surface area contributed by atoms with Gasteiger partial charge in [0.05, 0.1) is 51.3 Å². The summed E-state index contributed by atoms with van der Waals surface area (Å²) in [6, 6.07) is 13.3. The van der Waals surface area contributed by atoms with E-state index in [1.165, 1.54) is 63.5 Å². The van der Waals surface area contributed by atoms with Crippen molar-refractivity contribution in [2.24, 2.45) is 11.8 Å². The molecule has 372 valence electrons. The van der Waals surface area contributed by atoms with Gasteiger partial charge in [0, 0.05) is 18.8 Å². The van der Waals surface area contributed by atoms with Gasteiger partial charge >= 0.3 is 23.9 Å². The number of rotatable bonds is 35. The summed E-state index contributed by atoms with van der Waals surface area (Å²) in [4.78, 5) is 48.2. The van der Waals surface area contributed by atoms with Crippen molar-refractivity contribution in [2.75, 3.05) is 46.2 Å². The fraction of sp³-hybridized carbons (Fsp3) is 0.643. The van der Waals surface area contributed by atoms with Crippen LogP contribution in [0.4, 0.5) is 0 Å². The summed E-state index contributed by atoms with van der Waals surface area (Å²) in [5.74, 6) is 1.74. The van der Waals surface area contributed by atoms with E-state index in [4.69, 9.17) is 33.2 Å². The first kappa shape index (κ1) is 55.0. The molecule has 2 aliphatic rings. The highest BCUT2D eigenvalue weighted by Crippen LogP contribution is 2.37. The smallest absolute Gasteiger partial charge is 0.341 e. The van der Waals surface area contributed by atoms with Gasteiger partial charge in [-0.05, 0) is 156 Å². The third kappa shape index (κ3) is 22.8. The molecule has 0 atom stereocenters. The van der Waals surface area contributed by atoms with E-state index in [1.807, 2.05) is 24.3 Å². The molecule has 2 fully saturated rings. The molecule has 0 radical (unpaired) electrons. The molecule has 0 aliphatic heterocycles. The molecule has 2 saturated carbocycles. The summed E-state index contributed by atoms with van der Waals surface area (Å²) < 4.78 is 39.7. The maximum Gasteiger partial charge on any atom is 0.341 e. The first-order chi connectivity index (χ1) is 32.8. The fourth-order valence-corrected chi connectivity index (χ4v) is 8.95. The number of carbonyl (C=O) groups is 4. The Hall–Kier alpha value is -4.64. The zero-order valence-corrected chi connectivity index (χ0v) is 40.8. The van der Waals surface area contributed by atoms with Crippen LogP contribution in [0.25, 0.3) is 0 Å². The molecule has 67 heavy (non-hydrogen) atoms. The molecular formula is C56H82O11. The summed E-state index contributed by atoms with van der Waals surface area (Å²) in [6.45, 7) is 12.5. The van der Waals surface area contributed by atoms with E-state index in [2.05, 4.69) is 26.1 Å². The molecular weight excluding hydrogens is 849 g/mol. The maximum atomic E-state index is 13.3. The van der Waals surface area contributed by atoms with Crippen molar-refractivity contribution in [3.8, 4) is 11.5 Å². The molecule has 2 aromatic rings. The summed E-state index contributed by atoms with van der Waals surface area (Å²) in [5.41, 5.74) is 2.19. The number of ether oxygens (including phenoxy) is 7. The topological polar surface area (TPSA) is 133 Å². The lowest BCUT2D eigenvalue weighted by Crippen LogP contribution is -2.21. The zero-order chi connectivity index (χ0) is 47.7. The molecule has 2 aromatic carbocycles. The molecule has 11 heteroatoms. The third-order valence-electron chi connectivity index (χ3n) is 13.1. The molecule has 0 aromatic heterocycles. The van der Waals surface area contributed by atoms with Gasteiger partial charge in [0.2, 0.25) is 0 Å². The van der Waals surface area contributed by atoms with Gasteiger partial charge in [-0.15, -0.1) is 0 Å². The Labute approximate surface area is 402 Å². The largest absolute Gasteiger partial charge is 0.493 e. The van der Waals surface area contributed by atoms with Crippen LogP contribution in [0.2, 0.25) is 0 Å². The van der Waals surface area contributed by atoms with E-state index >= 15 is 0 Å². The van der Waals surface area contributed by atoms with Crippen molar-refractivity contribution in [3.05, 3.63) is 84.5 Å². The standard InChI is InChI=1S/C56H82O11/c1-4-7-36-62-52-35-30-48(42-51(52)56(60)66-41-20-14-12-18-39-64-54(58)6-3)46-26-31-49(32-27-46)61-37-16-11-13-19-40-65-55(59)47-28-33-50(34-29-47)67-43-45-24-22-44(23-25-45)21-15-9-8-10-17-38-63-53(57)5-2/h5-6,28-30,33-35,42,44-46,49H,2-4,7-27,31-32,36-41,43H2,1H3. The number of benzene rings is 2. The molecule has 11 nitrogen and oxygen atoms in total. The predicted octanol–water partition coefficient (Wildman–Crippen LogP) is 13.0. The van der Waals surface area contributed by atoms with Crippen LogP contribution >= 0.6 is 0 Å². The van der Waals surface area contributed by atoms with Crippen LogP contribution in [0.3, 0.4) is 0 Å². The Bertz CT molecular complexity index is 1720. The van der Waals surface area contributed by atoms with Gasteiger partial charge in [-0.1, -0.05) is 83.9 Å². The summed E-state index contributed by atoms with van der Waals surface area (Å²) in [7, 11) is 0. The molecule has 0 spiro atoms. The lowest BCUT2D eigenvalue weighted by atomic mass is 9.80. The molecule has 0 unspecified atom stereocenters. The van der Waals surface area contributed by atoms with Gasteiger partial charge < -0.3 is 33.2 Å². The van der Waals surface area contributed by atoms with Gasteiger partial charge in [-0.3, -0.25) is 0 Å². The lowest BCUT2D eigenvalue weighted by Gasteiger charge is -2.29. The second kappa shape index (κ2) is 33.8. The second-order valence-corrected chi connectivity index (χ2v) is 18.4. The van der Waals surface area contributed by atoms with Crippen molar-refractivity contribution in [1.82, 2.24) is 0 Å². The molecule has 0 heterocycles. The molecule has 2 aliphatic carbocycles. The average molecular weight is 931 g/mol. The number of hydrogen-bond acceptors (Lipinski definition) is 11. The van der Waals surface area contributed by atoms with Crippen LogP contribution in [-0.2, 0) is 33.3 Å². The Morgan fingerprint density at radius 3 is 1.67 bits per heavy atom. The Balaban J connectivity index is 1.01. The van der Waals surface area contributed by atoms with Gasteiger partial charge in [0.15, 0.2) is 0 Å². The number of carbonyl (C=O) groups excluding carboxylic acids is 4. The minimum absolute atomic E-state index is 0.247. The van der Waals surface area contributed by atoms with Crippen LogP contribution in [0.5, 0.6) is 11.5 Å². The predicted molar refractivity (Wildman–Crippen MR) is 263 cm³/mol. The molecule has 0 saturated heterocycles. The van der Waals surface area contributed by atoms with Gasteiger partial charge in [0.25, 0.3) is 0 Å². The Morgan fingerprint density at radius 2 is 1.07 bits per heavy atom. The highest BCUT2D eigenvalue weighted by molar-refractivity contribution is 5.93. The van der Waals surface area contributed by atoms with Crippen molar-refractivity contribution < 1.29 is 52.3 Å². The highest BCUT2D eigenvalue weighted by atomic mass is 16.5. The molecule has 4 rings (SSSR count). The van der Waals surface area contributed by atoms with Crippen LogP contribution in [0.15, 0.2) is 67.8 Å². The normalized spacial score (nSPS) is 18.0. The summed E-state index contributed by atoms with van der Waals surface area (Å²) in [5, 5.41) is 0. The van der Waals surface area contributed by atoms with E-state index in [1.54, 1.807) is 12.1 Å². The van der Waals surface area contributed by atoms with Gasteiger partial charge in [-0.25, -0.2) is 19.2 Å². The zero-order valence-electron chi connectivity index (χ0n) is 40.8. The average Bonchev–Trinajstić information content (AvgIpc) is 3.36. The van der Waals surface area contributed by atoms with Crippen LogP contribution in [-0.4, -0.2) is 76.2 Å². The lowest BCUT2D eigenvalue weighted by molar-refractivity contribution is -0.138. The van der Waals surface area contributed by atoms with Crippen LogP contribution < -0.4 is 9.47 Å². The summed E-state index contributed by atoms with van der Waals surface area (Å²) >= 11 is 0. The van der Waals surface area contributed by atoms with Crippen molar-refractivity contribution in [1.29, 1.82) is 0 Å². The monoisotopic (exact) mass is 931 g/mol. The van der Waals surface area contributed by atoms with E-state index in [0.717, 1.165) is 133 Å². The second-order valence-electron chi connectivity index (χ2n) is 18.4. The number of esters is 4. The first-order valence-electron chi connectivity index (χ1n) is 25.8. The first-order valence-corrected chi connectivity index (χ1v) is 25.8. The molecule has 0 bridgehead atoms. The van der Waals surface area contributed by atoms with Crippen LogP contribution in [0.1, 0.15) is 193 Å². The number of hydrogen-bond donors (Lipinski definition) is 0. The van der Waals surface area contributed by atoms with E-state index < -0.39 is 5.97 Å². The SMILES string of the molecule is C=CC(=O)OCCCCCCCC1CCC(COc2ccc(C(=O)OCCCCCCOC3CCC(c4ccc(OCCCC)c(C(=O)OCCCCCCOC(=O)C=C)c4)CC3)cc2)CC1. The third-order valence-corrected chi connectivity index (χ3v) is 13.1.